The van der Waals surface area contributed by atoms with Gasteiger partial charge in [-0.05, 0) is 49.4 Å². The van der Waals surface area contributed by atoms with Crippen LogP contribution in [0.25, 0.3) is 5.70 Å². The Kier molecular flexibility index (Phi) is 6.83. The minimum atomic E-state index is 0.217. The SMILES string of the molecule is C=C/C(C)=C(/c1ccccc1)N(Nc1cccc(Cl)c1)C(C)SC. The molecule has 24 heavy (non-hydrogen) atoms. The highest BCUT2D eigenvalue weighted by molar-refractivity contribution is 7.99. The van der Waals surface area contributed by atoms with Gasteiger partial charge >= 0.3 is 0 Å². The van der Waals surface area contributed by atoms with Gasteiger partial charge in [0.05, 0.1) is 16.8 Å². The molecule has 0 heterocycles. The summed E-state index contributed by atoms with van der Waals surface area (Å²) in [6.07, 6.45) is 3.99. The Balaban J connectivity index is 2.49. The van der Waals surface area contributed by atoms with Crippen LogP contribution in [0, 0.1) is 0 Å². The molecule has 0 aromatic heterocycles. The molecule has 2 rings (SSSR count). The normalized spacial score (nSPS) is 13.0. The monoisotopic (exact) mass is 358 g/mol. The van der Waals surface area contributed by atoms with Crippen LogP contribution in [0.2, 0.25) is 5.02 Å². The minimum absolute atomic E-state index is 0.217. The maximum absolute atomic E-state index is 6.14. The zero-order chi connectivity index (χ0) is 17.5. The van der Waals surface area contributed by atoms with Gasteiger partial charge in [0, 0.05) is 5.02 Å². The molecule has 1 unspecified atom stereocenters. The zero-order valence-electron chi connectivity index (χ0n) is 14.3. The number of hydrogen-bond donors (Lipinski definition) is 1. The summed E-state index contributed by atoms with van der Waals surface area (Å²) in [6.45, 7) is 8.20. The molecule has 2 aromatic rings. The molecule has 0 fully saturated rings. The van der Waals surface area contributed by atoms with Crippen LogP contribution in [0.4, 0.5) is 5.69 Å². The second-order valence-electron chi connectivity index (χ2n) is 5.43. The maximum Gasteiger partial charge on any atom is 0.0925 e. The number of nitrogens with zero attached hydrogens (tertiary/aromatic N) is 1. The van der Waals surface area contributed by atoms with E-state index >= 15 is 0 Å². The topological polar surface area (TPSA) is 15.3 Å². The van der Waals surface area contributed by atoms with E-state index in [1.807, 2.05) is 48.5 Å². The maximum atomic E-state index is 6.14. The number of halogens is 1. The van der Waals surface area contributed by atoms with Gasteiger partial charge in [-0.15, -0.1) is 11.8 Å². The first-order valence-electron chi connectivity index (χ1n) is 7.79. The molecule has 0 bridgehead atoms. The van der Waals surface area contributed by atoms with Crippen LogP contribution in [0.1, 0.15) is 19.4 Å². The standard InChI is InChI=1S/C20H23ClN2S/c1-5-15(2)20(17-10-7-6-8-11-17)23(16(3)24-4)22-19-13-9-12-18(21)14-19/h5-14,16,22H,1H2,2-4H3/b20-15-. The van der Waals surface area contributed by atoms with Gasteiger partial charge in [-0.3, -0.25) is 10.4 Å². The van der Waals surface area contributed by atoms with Crippen LogP contribution in [0.5, 0.6) is 0 Å². The molecule has 0 spiro atoms. The molecule has 1 atom stereocenters. The smallest absolute Gasteiger partial charge is 0.0925 e. The van der Waals surface area contributed by atoms with Gasteiger partial charge in [-0.25, -0.2) is 0 Å². The van der Waals surface area contributed by atoms with Gasteiger partial charge in [0.25, 0.3) is 0 Å². The van der Waals surface area contributed by atoms with Crippen molar-refractivity contribution < 1.29 is 0 Å². The van der Waals surface area contributed by atoms with Gasteiger partial charge < -0.3 is 0 Å². The van der Waals surface area contributed by atoms with E-state index in [1.54, 1.807) is 11.8 Å². The largest absolute Gasteiger partial charge is 0.297 e. The third-order valence-electron chi connectivity index (χ3n) is 3.75. The summed E-state index contributed by atoms with van der Waals surface area (Å²) in [5, 5.41) is 3.10. The highest BCUT2D eigenvalue weighted by Gasteiger charge is 2.19. The van der Waals surface area contributed by atoms with Crippen molar-refractivity contribution >= 4 is 34.7 Å². The van der Waals surface area contributed by atoms with Gasteiger partial charge in [-0.1, -0.05) is 60.7 Å². The van der Waals surface area contributed by atoms with Crippen molar-refractivity contribution in [2.24, 2.45) is 0 Å². The van der Waals surface area contributed by atoms with Crippen LogP contribution in [0.3, 0.4) is 0 Å². The fourth-order valence-electron chi connectivity index (χ4n) is 2.38. The summed E-state index contributed by atoms with van der Waals surface area (Å²) in [5.74, 6) is 0. The van der Waals surface area contributed by atoms with Crippen LogP contribution in [-0.2, 0) is 0 Å². The lowest BCUT2D eigenvalue weighted by Crippen LogP contribution is -2.35. The summed E-state index contributed by atoms with van der Waals surface area (Å²) >= 11 is 7.91. The number of hydrazine groups is 1. The second kappa shape index (κ2) is 8.86. The average molecular weight is 359 g/mol. The van der Waals surface area contributed by atoms with Gasteiger partial charge in [-0.2, -0.15) is 0 Å². The molecule has 2 nitrogen and oxygen atoms in total. The van der Waals surface area contributed by atoms with Crippen LogP contribution >= 0.6 is 23.4 Å². The van der Waals surface area contributed by atoms with E-state index in [2.05, 4.69) is 49.2 Å². The fourth-order valence-corrected chi connectivity index (χ4v) is 2.94. The van der Waals surface area contributed by atoms with Gasteiger partial charge in [0.1, 0.15) is 0 Å². The van der Waals surface area contributed by atoms with E-state index < -0.39 is 0 Å². The summed E-state index contributed by atoms with van der Waals surface area (Å²) in [5.41, 5.74) is 7.82. The molecule has 4 heteroatoms. The number of rotatable bonds is 7. The molecule has 1 N–H and O–H groups in total. The average Bonchev–Trinajstić information content (AvgIpc) is 2.61. The van der Waals surface area contributed by atoms with Crippen molar-refractivity contribution in [3.05, 3.63) is 83.4 Å². The molecule has 0 aliphatic carbocycles. The molecule has 126 valence electrons. The summed E-state index contributed by atoms with van der Waals surface area (Å²) < 4.78 is 0. The Labute approximate surface area is 154 Å². The molecular formula is C20H23ClN2S. The Hall–Kier alpha value is -1.84. The molecular weight excluding hydrogens is 336 g/mol. The first-order valence-corrected chi connectivity index (χ1v) is 9.46. The predicted octanol–water partition coefficient (Wildman–Crippen LogP) is 6.30. The molecule has 0 aliphatic rings. The van der Waals surface area contributed by atoms with Gasteiger partial charge in [0.15, 0.2) is 0 Å². The quantitative estimate of drug-likeness (QED) is 0.355. The lowest BCUT2D eigenvalue weighted by Gasteiger charge is -2.34. The van der Waals surface area contributed by atoms with E-state index in [4.69, 9.17) is 11.6 Å². The Morgan fingerprint density at radius 1 is 1.21 bits per heavy atom. The zero-order valence-corrected chi connectivity index (χ0v) is 15.9. The van der Waals surface area contributed by atoms with Crippen molar-refractivity contribution in [3.8, 4) is 0 Å². The van der Waals surface area contributed by atoms with Crippen molar-refractivity contribution in [2.75, 3.05) is 11.7 Å². The molecule has 0 aliphatic heterocycles. The summed E-state index contributed by atoms with van der Waals surface area (Å²) in [4.78, 5) is 0. The fraction of sp³-hybridized carbons (Fsp3) is 0.200. The molecule has 0 saturated carbocycles. The second-order valence-corrected chi connectivity index (χ2v) is 7.02. The lowest BCUT2D eigenvalue weighted by molar-refractivity contribution is 0.464. The molecule has 0 radical (unpaired) electrons. The third kappa shape index (κ3) is 4.59. The highest BCUT2D eigenvalue weighted by Crippen LogP contribution is 2.30. The Morgan fingerprint density at radius 2 is 1.92 bits per heavy atom. The number of thioether (sulfide) groups is 1. The van der Waals surface area contributed by atoms with E-state index in [-0.39, 0.29) is 5.37 Å². The number of allylic oxidation sites excluding steroid dienone is 2. The van der Waals surface area contributed by atoms with Crippen molar-refractivity contribution in [1.29, 1.82) is 0 Å². The van der Waals surface area contributed by atoms with Crippen LogP contribution in [-0.4, -0.2) is 16.6 Å². The van der Waals surface area contributed by atoms with E-state index in [9.17, 15) is 0 Å². The van der Waals surface area contributed by atoms with Crippen LogP contribution in [0.15, 0.2) is 72.8 Å². The Morgan fingerprint density at radius 3 is 2.50 bits per heavy atom. The van der Waals surface area contributed by atoms with E-state index in [0.717, 1.165) is 22.5 Å². The van der Waals surface area contributed by atoms with Crippen molar-refractivity contribution in [1.82, 2.24) is 5.01 Å². The summed E-state index contributed by atoms with van der Waals surface area (Å²) in [6, 6.07) is 18.1. The minimum Gasteiger partial charge on any atom is -0.297 e. The predicted molar refractivity (Wildman–Crippen MR) is 109 cm³/mol. The number of nitrogens with one attached hydrogen (secondary N) is 1. The number of benzene rings is 2. The summed E-state index contributed by atoms with van der Waals surface area (Å²) in [7, 11) is 0. The first kappa shape index (κ1) is 18.5. The third-order valence-corrected chi connectivity index (χ3v) is 4.87. The highest BCUT2D eigenvalue weighted by atomic mass is 35.5. The van der Waals surface area contributed by atoms with E-state index in [1.165, 1.54) is 0 Å². The molecule has 0 saturated heterocycles. The van der Waals surface area contributed by atoms with Crippen molar-refractivity contribution in [2.45, 2.75) is 19.2 Å². The lowest BCUT2D eigenvalue weighted by atomic mass is 10.1. The van der Waals surface area contributed by atoms with E-state index in [0.29, 0.717) is 5.02 Å². The van der Waals surface area contributed by atoms with Crippen LogP contribution < -0.4 is 5.43 Å². The Bertz CT molecular complexity index is 713. The van der Waals surface area contributed by atoms with Crippen molar-refractivity contribution in [3.63, 3.8) is 0 Å². The molecule has 0 amide bonds. The number of anilines is 1. The number of hydrogen-bond acceptors (Lipinski definition) is 3. The van der Waals surface area contributed by atoms with Gasteiger partial charge in [0.2, 0.25) is 0 Å². The molecule has 2 aromatic carbocycles. The first-order chi connectivity index (χ1) is 11.6.